The maximum atomic E-state index is 11.1. The van der Waals surface area contributed by atoms with Gasteiger partial charge in [-0.1, -0.05) is 0 Å². The van der Waals surface area contributed by atoms with E-state index in [1.807, 2.05) is 0 Å². The van der Waals surface area contributed by atoms with Crippen molar-refractivity contribution in [1.82, 2.24) is 10.3 Å². The van der Waals surface area contributed by atoms with Crippen molar-refractivity contribution >= 4 is 17.4 Å². The van der Waals surface area contributed by atoms with Gasteiger partial charge in [-0.25, -0.2) is 0 Å². The lowest BCUT2D eigenvalue weighted by molar-refractivity contribution is -0.384. The van der Waals surface area contributed by atoms with E-state index in [0.717, 1.165) is 0 Å². The molecule has 1 aliphatic heterocycles. The number of rotatable bonds is 4. The van der Waals surface area contributed by atoms with Crippen molar-refractivity contribution in [2.45, 2.75) is 18.9 Å². The fraction of sp³-hybridized carbons (Fsp3) is 0.455. The second-order valence-electron chi connectivity index (χ2n) is 4.16. The predicted molar refractivity (Wildman–Crippen MR) is 67.1 cm³/mol. The fourth-order valence-electron chi connectivity index (χ4n) is 1.85. The van der Waals surface area contributed by atoms with Crippen LogP contribution in [0.1, 0.15) is 12.8 Å². The van der Waals surface area contributed by atoms with Gasteiger partial charge >= 0.3 is 5.69 Å². The number of ether oxygens (including phenoxy) is 1. The maximum Gasteiger partial charge on any atom is 0.311 e. The lowest BCUT2D eigenvalue weighted by atomic mass is 10.1. The van der Waals surface area contributed by atoms with Gasteiger partial charge < -0.3 is 15.4 Å². The van der Waals surface area contributed by atoms with Gasteiger partial charge in [0.25, 0.3) is 0 Å². The molecular weight excluding hydrogens is 252 g/mol. The van der Waals surface area contributed by atoms with E-state index in [1.54, 1.807) is 0 Å². The van der Waals surface area contributed by atoms with E-state index in [2.05, 4.69) is 15.6 Å². The molecule has 0 saturated carbocycles. The largest absolute Gasteiger partial charge is 0.481 e. The zero-order chi connectivity index (χ0) is 13.8. The minimum Gasteiger partial charge on any atom is -0.481 e. The smallest absolute Gasteiger partial charge is 0.311 e. The summed E-state index contributed by atoms with van der Waals surface area (Å²) in [7, 11) is 1.44. The van der Waals surface area contributed by atoms with E-state index in [-0.39, 0.29) is 23.5 Å². The van der Waals surface area contributed by atoms with Crippen LogP contribution < -0.4 is 15.4 Å². The first-order chi connectivity index (χ1) is 9.10. The Labute approximate surface area is 109 Å². The van der Waals surface area contributed by atoms with Gasteiger partial charge in [0.2, 0.25) is 17.6 Å². The molecule has 1 aromatic rings. The van der Waals surface area contributed by atoms with Gasteiger partial charge in [0.1, 0.15) is 0 Å². The molecule has 2 N–H and O–H groups in total. The van der Waals surface area contributed by atoms with E-state index >= 15 is 0 Å². The molecule has 1 amide bonds. The van der Waals surface area contributed by atoms with E-state index in [1.165, 1.54) is 19.2 Å². The number of carbonyl (C=O) groups is 1. The quantitative estimate of drug-likeness (QED) is 0.613. The summed E-state index contributed by atoms with van der Waals surface area (Å²) in [6, 6.07) is 2.71. The molecule has 1 saturated heterocycles. The third kappa shape index (κ3) is 3.09. The molecule has 1 atom stereocenters. The van der Waals surface area contributed by atoms with Gasteiger partial charge in [-0.15, -0.1) is 0 Å². The van der Waals surface area contributed by atoms with Crippen LogP contribution in [0.5, 0.6) is 5.88 Å². The van der Waals surface area contributed by atoms with Gasteiger partial charge in [0.05, 0.1) is 12.0 Å². The number of hydrogen-bond donors (Lipinski definition) is 2. The van der Waals surface area contributed by atoms with Crippen LogP contribution >= 0.6 is 0 Å². The molecule has 8 heteroatoms. The van der Waals surface area contributed by atoms with Crippen molar-refractivity contribution in [2.75, 3.05) is 19.0 Å². The number of hydrogen-bond acceptors (Lipinski definition) is 6. The van der Waals surface area contributed by atoms with Crippen LogP contribution in [-0.2, 0) is 4.79 Å². The maximum absolute atomic E-state index is 11.1. The number of amides is 1. The number of nitro groups is 1. The van der Waals surface area contributed by atoms with Crippen molar-refractivity contribution in [1.29, 1.82) is 0 Å². The van der Waals surface area contributed by atoms with E-state index in [9.17, 15) is 14.9 Å². The number of carbonyl (C=O) groups excluding carboxylic acids is 1. The molecule has 1 aromatic heterocycles. The topological polar surface area (TPSA) is 106 Å². The zero-order valence-corrected chi connectivity index (χ0v) is 10.4. The number of anilines is 1. The minimum absolute atomic E-state index is 0.00819. The second kappa shape index (κ2) is 5.51. The third-order valence-electron chi connectivity index (χ3n) is 2.86. The lowest BCUT2D eigenvalue weighted by Crippen LogP contribution is -2.42. The van der Waals surface area contributed by atoms with Crippen LogP contribution in [0.15, 0.2) is 12.1 Å². The number of piperidine rings is 1. The Hall–Kier alpha value is -2.38. The fourth-order valence-corrected chi connectivity index (χ4v) is 1.85. The Bertz CT molecular complexity index is 495. The second-order valence-corrected chi connectivity index (χ2v) is 4.16. The van der Waals surface area contributed by atoms with Crippen molar-refractivity contribution in [3.05, 3.63) is 22.2 Å². The molecule has 19 heavy (non-hydrogen) atoms. The van der Waals surface area contributed by atoms with Crippen molar-refractivity contribution in [3.8, 4) is 5.88 Å². The lowest BCUT2D eigenvalue weighted by Gasteiger charge is -2.23. The van der Waals surface area contributed by atoms with Crippen LogP contribution in [-0.4, -0.2) is 35.5 Å². The summed E-state index contributed by atoms with van der Waals surface area (Å²) in [5.74, 6) is 0.449. The SMILES string of the molecule is COc1ccc([N+](=O)[O-])c(NC2CCC(=O)NC2)n1. The Kier molecular flexibility index (Phi) is 3.79. The molecule has 102 valence electrons. The first kappa shape index (κ1) is 13.1. The van der Waals surface area contributed by atoms with Crippen LogP contribution in [0.3, 0.4) is 0 Å². The van der Waals surface area contributed by atoms with Crippen molar-refractivity contribution in [3.63, 3.8) is 0 Å². The number of nitrogens with one attached hydrogen (secondary N) is 2. The standard InChI is InChI=1S/C11H14N4O4/c1-19-10-5-3-8(15(17)18)11(14-10)13-7-2-4-9(16)12-6-7/h3,5,7H,2,4,6H2,1H3,(H,12,16)(H,13,14). The summed E-state index contributed by atoms with van der Waals surface area (Å²) in [6.45, 7) is 0.425. The van der Waals surface area contributed by atoms with Gasteiger partial charge in [-0.2, -0.15) is 4.98 Å². The summed E-state index contributed by atoms with van der Waals surface area (Å²) in [5.41, 5.74) is -0.113. The number of methoxy groups -OCH3 is 1. The van der Waals surface area contributed by atoms with Crippen molar-refractivity contribution < 1.29 is 14.5 Å². The molecule has 0 aromatic carbocycles. The Morgan fingerprint density at radius 1 is 1.58 bits per heavy atom. The van der Waals surface area contributed by atoms with E-state index < -0.39 is 4.92 Å². The summed E-state index contributed by atoms with van der Waals surface area (Å²) >= 11 is 0. The number of nitrogens with zero attached hydrogens (tertiary/aromatic N) is 2. The number of aromatic nitrogens is 1. The predicted octanol–water partition coefficient (Wildman–Crippen LogP) is 0.689. The summed E-state index contributed by atoms with van der Waals surface area (Å²) in [5, 5.41) is 16.6. The zero-order valence-electron chi connectivity index (χ0n) is 10.4. The summed E-state index contributed by atoms with van der Waals surface area (Å²) < 4.78 is 4.95. The first-order valence-corrected chi connectivity index (χ1v) is 5.83. The average Bonchev–Trinajstić information content (AvgIpc) is 2.41. The highest BCUT2D eigenvalue weighted by molar-refractivity contribution is 5.77. The highest BCUT2D eigenvalue weighted by Crippen LogP contribution is 2.26. The molecule has 0 radical (unpaired) electrons. The van der Waals surface area contributed by atoms with Crippen LogP contribution in [0.4, 0.5) is 11.5 Å². The van der Waals surface area contributed by atoms with Gasteiger partial charge in [0, 0.05) is 31.1 Å². The normalized spacial score (nSPS) is 18.6. The van der Waals surface area contributed by atoms with Gasteiger partial charge in [0.15, 0.2) is 0 Å². The molecular formula is C11H14N4O4. The minimum atomic E-state index is -0.504. The molecule has 0 aliphatic carbocycles. The molecule has 2 heterocycles. The first-order valence-electron chi connectivity index (χ1n) is 5.83. The summed E-state index contributed by atoms with van der Waals surface area (Å²) in [4.78, 5) is 25.5. The Balaban J connectivity index is 2.17. The highest BCUT2D eigenvalue weighted by atomic mass is 16.6. The van der Waals surface area contributed by atoms with Gasteiger partial charge in [-0.05, 0) is 6.42 Å². The molecule has 1 aliphatic rings. The average molecular weight is 266 g/mol. The summed E-state index contributed by atoms with van der Waals surface area (Å²) in [6.07, 6.45) is 1.01. The third-order valence-corrected chi connectivity index (χ3v) is 2.86. The van der Waals surface area contributed by atoms with E-state index in [4.69, 9.17) is 4.74 Å². The van der Waals surface area contributed by atoms with Gasteiger partial charge in [-0.3, -0.25) is 14.9 Å². The Morgan fingerprint density at radius 2 is 2.37 bits per heavy atom. The Morgan fingerprint density at radius 3 is 2.95 bits per heavy atom. The van der Waals surface area contributed by atoms with Crippen LogP contribution in [0.2, 0.25) is 0 Å². The van der Waals surface area contributed by atoms with Crippen LogP contribution in [0, 0.1) is 10.1 Å². The molecule has 0 bridgehead atoms. The highest BCUT2D eigenvalue weighted by Gasteiger charge is 2.23. The molecule has 2 rings (SSSR count). The molecule has 1 unspecified atom stereocenters. The van der Waals surface area contributed by atoms with E-state index in [0.29, 0.717) is 25.3 Å². The monoisotopic (exact) mass is 266 g/mol. The van der Waals surface area contributed by atoms with Crippen LogP contribution in [0.25, 0.3) is 0 Å². The number of pyridine rings is 1. The molecule has 8 nitrogen and oxygen atoms in total. The molecule has 1 fully saturated rings. The van der Waals surface area contributed by atoms with Crippen molar-refractivity contribution in [2.24, 2.45) is 0 Å². The molecule has 0 spiro atoms.